The van der Waals surface area contributed by atoms with Crippen LogP contribution < -0.4 is 32.3 Å². The second-order valence-electron chi connectivity index (χ2n) is 11.3. The van der Waals surface area contributed by atoms with Crippen LogP contribution in [0.2, 0.25) is 0 Å². The van der Waals surface area contributed by atoms with Gasteiger partial charge in [-0.2, -0.15) is 0 Å². The molecule has 266 valence electrons. The number of aliphatic hydroxyl groups is 2. The Kier molecular flexibility index (Phi) is 15.8. The maximum atomic E-state index is 13.0. The van der Waals surface area contributed by atoms with Crippen LogP contribution in [-0.4, -0.2) is 111 Å². The molecule has 5 amide bonds. The summed E-state index contributed by atoms with van der Waals surface area (Å²) in [6.45, 7) is 1.51. The fourth-order valence-corrected chi connectivity index (χ4v) is 4.50. The summed E-state index contributed by atoms with van der Waals surface area (Å²) >= 11 is 0. The van der Waals surface area contributed by atoms with Crippen LogP contribution in [0.5, 0.6) is 0 Å². The van der Waals surface area contributed by atoms with Crippen LogP contribution in [-0.2, 0) is 46.4 Å². The fraction of sp³-hybridized carbons (Fsp3) is 0.406. The van der Waals surface area contributed by atoms with Crippen LogP contribution in [0, 0.1) is 0 Å². The lowest BCUT2D eigenvalue weighted by Gasteiger charge is -2.27. The number of benzene rings is 2. The third-order valence-electron chi connectivity index (χ3n) is 7.11. The second-order valence-corrected chi connectivity index (χ2v) is 11.3. The Balaban J connectivity index is 2.01. The highest BCUT2D eigenvalue weighted by atomic mass is 16.4. The van der Waals surface area contributed by atoms with Gasteiger partial charge in [0.15, 0.2) is 0 Å². The number of carbonyl (C=O) groups is 7. The van der Waals surface area contributed by atoms with Gasteiger partial charge in [-0.25, -0.2) is 4.79 Å². The standard InChI is InChI=1S/C32H42N6O11/c1-17(39)26(38-31(47)27(18(2)40)37-28(44)21(33)13-19-9-5-3-6-10-19)30(46)34-16-24(41)35-22(15-25(42)43)29(45)36-23(32(48)49)14-20-11-7-4-8-12-20/h3-12,17-18,21-23,26-27,39-40H,13-16,33H2,1-2H3,(H,34,46)(H,35,41)(H,36,45)(H,37,44)(H,38,47)(H,42,43)(H,48,49)/t17-,18-,21+,22+,23+,26+,27+/m1/s1. The van der Waals surface area contributed by atoms with Crippen LogP contribution in [0.15, 0.2) is 60.7 Å². The Morgan fingerprint density at radius 2 is 1.12 bits per heavy atom. The average molecular weight is 687 g/mol. The first kappa shape index (κ1) is 39.8. The number of hydrogen-bond acceptors (Lipinski definition) is 10. The van der Waals surface area contributed by atoms with E-state index in [9.17, 15) is 54.0 Å². The van der Waals surface area contributed by atoms with E-state index in [-0.39, 0.29) is 12.8 Å². The van der Waals surface area contributed by atoms with Gasteiger partial charge in [0.2, 0.25) is 29.5 Å². The first-order valence-corrected chi connectivity index (χ1v) is 15.2. The van der Waals surface area contributed by atoms with E-state index >= 15 is 0 Å². The van der Waals surface area contributed by atoms with Gasteiger partial charge < -0.3 is 52.7 Å². The molecule has 2 aromatic carbocycles. The number of hydrogen-bond donors (Lipinski definition) is 10. The number of nitrogens with one attached hydrogen (secondary N) is 5. The molecule has 0 aromatic heterocycles. The first-order chi connectivity index (χ1) is 23.1. The van der Waals surface area contributed by atoms with Crippen molar-refractivity contribution in [3.05, 3.63) is 71.8 Å². The van der Waals surface area contributed by atoms with E-state index in [2.05, 4.69) is 26.6 Å². The lowest BCUT2D eigenvalue weighted by atomic mass is 10.0. The van der Waals surface area contributed by atoms with E-state index < -0.39 is 96.9 Å². The largest absolute Gasteiger partial charge is 0.481 e. The van der Waals surface area contributed by atoms with Gasteiger partial charge in [0.1, 0.15) is 24.2 Å². The van der Waals surface area contributed by atoms with Crippen LogP contribution in [0.1, 0.15) is 31.4 Å². The predicted molar refractivity (Wildman–Crippen MR) is 172 cm³/mol. The van der Waals surface area contributed by atoms with Crippen molar-refractivity contribution in [2.24, 2.45) is 5.73 Å². The van der Waals surface area contributed by atoms with Crippen molar-refractivity contribution in [1.82, 2.24) is 26.6 Å². The molecular formula is C32H42N6O11. The smallest absolute Gasteiger partial charge is 0.326 e. The van der Waals surface area contributed by atoms with E-state index in [0.717, 1.165) is 12.5 Å². The summed E-state index contributed by atoms with van der Waals surface area (Å²) in [4.78, 5) is 87.1. The number of carbonyl (C=O) groups excluding carboxylic acids is 5. The second kappa shape index (κ2) is 19.4. The number of nitrogens with two attached hydrogens (primary N) is 1. The van der Waals surface area contributed by atoms with E-state index in [1.54, 1.807) is 60.7 Å². The van der Waals surface area contributed by atoms with Gasteiger partial charge in [0.25, 0.3) is 0 Å². The molecule has 0 saturated carbocycles. The number of carboxylic acid groups (broad SMARTS) is 2. The lowest BCUT2D eigenvalue weighted by molar-refractivity contribution is -0.143. The summed E-state index contributed by atoms with van der Waals surface area (Å²) in [5.41, 5.74) is 7.28. The highest BCUT2D eigenvalue weighted by Crippen LogP contribution is 2.06. The van der Waals surface area contributed by atoms with Gasteiger partial charge >= 0.3 is 11.9 Å². The molecule has 0 aliphatic heterocycles. The molecule has 0 bridgehead atoms. The van der Waals surface area contributed by atoms with Gasteiger partial charge in [0, 0.05) is 6.42 Å². The molecule has 0 spiro atoms. The SMILES string of the molecule is C[C@@H](O)[C@H](NC(=O)[C@@H](NC(=O)[C@@H](N)Cc1ccccc1)[C@@H](C)O)C(=O)NCC(=O)N[C@@H](CC(=O)O)C(=O)N[C@@H](Cc1ccccc1)C(=O)O. The molecule has 0 aliphatic rings. The molecular weight excluding hydrogens is 644 g/mol. The van der Waals surface area contributed by atoms with Gasteiger partial charge in [0.05, 0.1) is 31.2 Å². The average Bonchev–Trinajstić information content (AvgIpc) is 3.04. The minimum atomic E-state index is -1.73. The normalized spacial score (nSPS) is 15.1. The third-order valence-corrected chi connectivity index (χ3v) is 7.11. The Morgan fingerprint density at radius 3 is 1.61 bits per heavy atom. The molecule has 0 heterocycles. The molecule has 17 heteroatoms. The van der Waals surface area contributed by atoms with Crippen LogP contribution in [0.4, 0.5) is 0 Å². The highest BCUT2D eigenvalue weighted by molar-refractivity contribution is 5.96. The Bertz CT molecular complexity index is 1460. The summed E-state index contributed by atoms with van der Waals surface area (Å²) in [6.07, 6.45) is -3.91. The van der Waals surface area contributed by atoms with Crippen molar-refractivity contribution in [3.63, 3.8) is 0 Å². The number of aliphatic carboxylic acids is 2. The van der Waals surface area contributed by atoms with Gasteiger partial charge in [-0.05, 0) is 31.4 Å². The maximum Gasteiger partial charge on any atom is 0.326 e. The predicted octanol–water partition coefficient (Wildman–Crippen LogP) is -2.82. The zero-order valence-electron chi connectivity index (χ0n) is 26.9. The number of carboxylic acids is 2. The molecule has 0 aliphatic carbocycles. The quantitative estimate of drug-likeness (QED) is 0.0716. The van der Waals surface area contributed by atoms with Crippen molar-refractivity contribution in [1.29, 1.82) is 0 Å². The summed E-state index contributed by atoms with van der Waals surface area (Å²) in [7, 11) is 0. The minimum Gasteiger partial charge on any atom is -0.481 e. The highest BCUT2D eigenvalue weighted by Gasteiger charge is 2.34. The van der Waals surface area contributed by atoms with Crippen molar-refractivity contribution in [2.75, 3.05) is 6.54 Å². The maximum absolute atomic E-state index is 13.0. The molecule has 2 aromatic rings. The Hall–Kier alpha value is -5.39. The van der Waals surface area contributed by atoms with E-state index in [1.807, 2.05) is 0 Å². The van der Waals surface area contributed by atoms with Crippen LogP contribution in [0.25, 0.3) is 0 Å². The summed E-state index contributed by atoms with van der Waals surface area (Å²) in [5, 5.41) is 50.2. The molecule has 0 radical (unpaired) electrons. The Morgan fingerprint density at radius 1 is 0.633 bits per heavy atom. The number of aliphatic hydroxyl groups excluding tert-OH is 2. The van der Waals surface area contributed by atoms with Crippen LogP contribution >= 0.6 is 0 Å². The fourth-order valence-electron chi connectivity index (χ4n) is 4.50. The number of rotatable bonds is 19. The molecule has 17 nitrogen and oxygen atoms in total. The minimum absolute atomic E-state index is 0.127. The van der Waals surface area contributed by atoms with Gasteiger partial charge in [-0.3, -0.25) is 28.8 Å². The molecule has 0 saturated heterocycles. The lowest BCUT2D eigenvalue weighted by Crippen LogP contribution is -2.61. The monoisotopic (exact) mass is 686 g/mol. The van der Waals surface area contributed by atoms with E-state index in [0.29, 0.717) is 5.56 Å². The van der Waals surface area contributed by atoms with Gasteiger partial charge in [-0.1, -0.05) is 60.7 Å². The number of amides is 5. The topological polar surface area (TPSA) is 287 Å². The summed E-state index contributed by atoms with van der Waals surface area (Å²) < 4.78 is 0. The zero-order chi connectivity index (χ0) is 36.7. The van der Waals surface area contributed by atoms with Crippen molar-refractivity contribution >= 4 is 41.5 Å². The Labute approximate surface area is 281 Å². The van der Waals surface area contributed by atoms with Crippen molar-refractivity contribution in [3.8, 4) is 0 Å². The van der Waals surface area contributed by atoms with E-state index in [1.165, 1.54) is 6.92 Å². The molecule has 49 heavy (non-hydrogen) atoms. The van der Waals surface area contributed by atoms with Crippen molar-refractivity contribution in [2.45, 2.75) is 75.5 Å². The summed E-state index contributed by atoms with van der Waals surface area (Å²) in [6, 6.07) is 9.57. The van der Waals surface area contributed by atoms with E-state index in [4.69, 9.17) is 5.73 Å². The molecule has 7 atom stereocenters. The van der Waals surface area contributed by atoms with Gasteiger partial charge in [-0.15, -0.1) is 0 Å². The zero-order valence-corrected chi connectivity index (χ0v) is 26.9. The summed E-state index contributed by atoms with van der Waals surface area (Å²) in [5.74, 6) is -7.95. The molecule has 11 N–H and O–H groups in total. The first-order valence-electron chi connectivity index (χ1n) is 15.2. The molecule has 2 rings (SSSR count). The van der Waals surface area contributed by atoms with Crippen LogP contribution in [0.3, 0.4) is 0 Å². The molecule has 0 fully saturated rings. The van der Waals surface area contributed by atoms with Crippen molar-refractivity contribution < 1.29 is 54.0 Å². The molecule has 0 unspecified atom stereocenters. The third kappa shape index (κ3) is 13.7.